The van der Waals surface area contributed by atoms with Gasteiger partial charge in [0.05, 0.1) is 0 Å². The van der Waals surface area contributed by atoms with Crippen molar-refractivity contribution in [3.05, 3.63) is 0 Å². The zero-order valence-electron chi connectivity index (χ0n) is 7.47. The maximum absolute atomic E-state index is 4.20. The van der Waals surface area contributed by atoms with Gasteiger partial charge in [-0.25, -0.2) is 5.01 Å². The Hall–Kier alpha value is -0.570. The van der Waals surface area contributed by atoms with Gasteiger partial charge in [-0.2, -0.15) is 0 Å². The van der Waals surface area contributed by atoms with Gasteiger partial charge in [0.25, 0.3) is 0 Å². The molecule has 10 heavy (non-hydrogen) atoms. The van der Waals surface area contributed by atoms with E-state index in [1.807, 2.05) is 39.8 Å². The quantitative estimate of drug-likeness (QED) is 0.552. The first-order valence-corrected chi connectivity index (χ1v) is 3.74. The van der Waals surface area contributed by atoms with Crippen LogP contribution in [-0.4, -0.2) is 24.1 Å². The molecule has 1 rings (SSSR count). The molecule has 0 aromatic heterocycles. The summed E-state index contributed by atoms with van der Waals surface area (Å²) >= 11 is 0. The molecule has 0 spiro atoms. The van der Waals surface area contributed by atoms with Crippen LogP contribution in [0.15, 0.2) is 4.99 Å². The molecular formula is C7H17N3. The summed E-state index contributed by atoms with van der Waals surface area (Å²) in [4.78, 5) is 4.20. The van der Waals surface area contributed by atoms with Crippen LogP contribution < -0.4 is 5.43 Å². The van der Waals surface area contributed by atoms with Gasteiger partial charge in [0.15, 0.2) is 0 Å². The lowest BCUT2D eigenvalue weighted by Crippen LogP contribution is -2.34. The van der Waals surface area contributed by atoms with Gasteiger partial charge in [-0.3, -0.25) is 4.99 Å². The summed E-state index contributed by atoms with van der Waals surface area (Å²) < 4.78 is 0. The van der Waals surface area contributed by atoms with E-state index in [0.717, 1.165) is 5.84 Å². The van der Waals surface area contributed by atoms with Gasteiger partial charge in [-0.05, 0) is 13.8 Å². The summed E-state index contributed by atoms with van der Waals surface area (Å²) in [6, 6.07) is 0. The molecule has 0 amide bonds. The SMILES string of the molecule is CC.CC1=NC(C)N(C)N1. The molecule has 1 atom stereocenters. The van der Waals surface area contributed by atoms with Gasteiger partial charge >= 0.3 is 0 Å². The Morgan fingerprint density at radius 3 is 2.10 bits per heavy atom. The maximum atomic E-state index is 4.20. The van der Waals surface area contributed by atoms with Crippen LogP contribution in [0.3, 0.4) is 0 Å². The number of hydrogen-bond acceptors (Lipinski definition) is 3. The largest absolute Gasteiger partial charge is 0.305 e. The van der Waals surface area contributed by atoms with Crippen LogP contribution in [0.1, 0.15) is 27.7 Å². The molecule has 3 nitrogen and oxygen atoms in total. The average molecular weight is 143 g/mol. The molecule has 1 aliphatic heterocycles. The van der Waals surface area contributed by atoms with Crippen molar-refractivity contribution in [2.75, 3.05) is 7.05 Å². The second kappa shape index (κ2) is 4.28. The monoisotopic (exact) mass is 143 g/mol. The molecule has 0 saturated carbocycles. The highest BCUT2D eigenvalue weighted by atomic mass is 15.6. The summed E-state index contributed by atoms with van der Waals surface area (Å²) in [5.41, 5.74) is 3.05. The van der Waals surface area contributed by atoms with Crippen molar-refractivity contribution in [1.29, 1.82) is 0 Å². The van der Waals surface area contributed by atoms with Gasteiger partial charge in [0, 0.05) is 7.05 Å². The molecule has 1 N–H and O–H groups in total. The second-order valence-corrected chi connectivity index (χ2v) is 2.07. The maximum Gasteiger partial charge on any atom is 0.118 e. The van der Waals surface area contributed by atoms with Crippen molar-refractivity contribution < 1.29 is 0 Å². The van der Waals surface area contributed by atoms with Crippen LogP contribution in [0.2, 0.25) is 0 Å². The molecular weight excluding hydrogens is 126 g/mol. The topological polar surface area (TPSA) is 27.6 Å². The number of nitrogens with one attached hydrogen (secondary N) is 1. The highest BCUT2D eigenvalue weighted by Crippen LogP contribution is 1.99. The first-order valence-electron chi connectivity index (χ1n) is 3.74. The zero-order chi connectivity index (χ0) is 8.15. The lowest BCUT2D eigenvalue weighted by Gasteiger charge is -2.12. The van der Waals surface area contributed by atoms with Gasteiger partial charge < -0.3 is 5.43 Å². The Labute approximate surface area is 63.1 Å². The van der Waals surface area contributed by atoms with E-state index in [-0.39, 0.29) is 0 Å². The van der Waals surface area contributed by atoms with Crippen LogP contribution in [0, 0.1) is 0 Å². The molecule has 1 heterocycles. The number of amidine groups is 1. The molecule has 0 radical (unpaired) electrons. The summed E-state index contributed by atoms with van der Waals surface area (Å²) in [5.74, 6) is 1.00. The highest BCUT2D eigenvalue weighted by Gasteiger charge is 2.13. The molecule has 0 aromatic rings. The fourth-order valence-corrected chi connectivity index (χ4v) is 0.744. The van der Waals surface area contributed by atoms with Gasteiger partial charge in [0.2, 0.25) is 0 Å². The molecule has 0 aliphatic carbocycles. The van der Waals surface area contributed by atoms with Crippen LogP contribution in [-0.2, 0) is 0 Å². The molecule has 0 saturated heterocycles. The number of aliphatic imine (C=N–C) groups is 1. The van der Waals surface area contributed by atoms with E-state index in [2.05, 4.69) is 10.4 Å². The van der Waals surface area contributed by atoms with Crippen molar-refractivity contribution in [1.82, 2.24) is 10.4 Å². The number of rotatable bonds is 0. The standard InChI is InChI=1S/C5H11N3.C2H6/c1-4-6-5(2)8(3)7-4;1-2/h5H,1-3H3,(H,6,7);1-2H3. The minimum Gasteiger partial charge on any atom is -0.305 e. The third kappa shape index (κ3) is 2.35. The van der Waals surface area contributed by atoms with E-state index in [0.29, 0.717) is 6.17 Å². The van der Waals surface area contributed by atoms with E-state index in [9.17, 15) is 0 Å². The molecule has 0 aromatic carbocycles. The van der Waals surface area contributed by atoms with Crippen molar-refractivity contribution in [2.24, 2.45) is 4.99 Å². The third-order valence-electron chi connectivity index (χ3n) is 1.28. The highest BCUT2D eigenvalue weighted by molar-refractivity contribution is 5.80. The van der Waals surface area contributed by atoms with Gasteiger partial charge in [0.1, 0.15) is 12.0 Å². The minimum atomic E-state index is 0.301. The molecule has 60 valence electrons. The molecule has 0 fully saturated rings. The van der Waals surface area contributed by atoms with E-state index < -0.39 is 0 Å². The summed E-state index contributed by atoms with van der Waals surface area (Å²) in [5, 5.41) is 1.97. The number of nitrogens with zero attached hydrogens (tertiary/aromatic N) is 2. The van der Waals surface area contributed by atoms with Crippen molar-refractivity contribution in [3.8, 4) is 0 Å². The minimum absolute atomic E-state index is 0.301. The van der Waals surface area contributed by atoms with Crippen LogP contribution in [0.25, 0.3) is 0 Å². The molecule has 1 unspecified atom stereocenters. The fourth-order valence-electron chi connectivity index (χ4n) is 0.744. The lowest BCUT2D eigenvalue weighted by molar-refractivity contribution is 0.255. The van der Waals surface area contributed by atoms with Crippen molar-refractivity contribution in [2.45, 2.75) is 33.9 Å². The van der Waals surface area contributed by atoms with Crippen molar-refractivity contribution in [3.63, 3.8) is 0 Å². The fraction of sp³-hybridized carbons (Fsp3) is 0.857. The zero-order valence-corrected chi connectivity index (χ0v) is 7.47. The average Bonchev–Trinajstić information content (AvgIpc) is 2.16. The first-order chi connectivity index (χ1) is 4.70. The van der Waals surface area contributed by atoms with Crippen LogP contribution >= 0.6 is 0 Å². The van der Waals surface area contributed by atoms with E-state index in [1.54, 1.807) is 0 Å². The van der Waals surface area contributed by atoms with E-state index in [1.165, 1.54) is 0 Å². The second-order valence-electron chi connectivity index (χ2n) is 2.07. The smallest absolute Gasteiger partial charge is 0.118 e. The normalized spacial score (nSPS) is 24.5. The lowest BCUT2D eigenvalue weighted by atomic mass is 10.6. The molecule has 3 heteroatoms. The molecule has 0 bridgehead atoms. The van der Waals surface area contributed by atoms with Crippen LogP contribution in [0.4, 0.5) is 0 Å². The Balaban J connectivity index is 0.000000371. The number of hydrazine groups is 1. The van der Waals surface area contributed by atoms with Gasteiger partial charge in [-0.1, -0.05) is 13.8 Å². The van der Waals surface area contributed by atoms with E-state index in [4.69, 9.17) is 0 Å². The summed E-state index contributed by atoms with van der Waals surface area (Å²) in [7, 11) is 1.98. The Morgan fingerprint density at radius 2 is 2.00 bits per heavy atom. The number of hydrogen-bond donors (Lipinski definition) is 1. The first kappa shape index (κ1) is 9.43. The predicted molar refractivity (Wildman–Crippen MR) is 44.8 cm³/mol. The molecule has 1 aliphatic rings. The Bertz CT molecular complexity index is 120. The third-order valence-corrected chi connectivity index (χ3v) is 1.28. The van der Waals surface area contributed by atoms with Crippen LogP contribution in [0.5, 0.6) is 0 Å². The predicted octanol–water partition coefficient (Wildman–Crippen LogP) is 1.23. The van der Waals surface area contributed by atoms with Crippen molar-refractivity contribution >= 4 is 5.84 Å². The summed E-state index contributed by atoms with van der Waals surface area (Å²) in [6.45, 7) is 8.00. The Morgan fingerprint density at radius 1 is 1.50 bits per heavy atom. The van der Waals surface area contributed by atoms with E-state index >= 15 is 0 Å². The van der Waals surface area contributed by atoms with Gasteiger partial charge in [-0.15, -0.1) is 0 Å². The summed E-state index contributed by atoms with van der Waals surface area (Å²) in [6.07, 6.45) is 0.301. The Kier molecular flexibility index (Phi) is 4.03.